The van der Waals surface area contributed by atoms with Crippen molar-refractivity contribution in [3.63, 3.8) is 0 Å². The van der Waals surface area contributed by atoms with Crippen molar-refractivity contribution >= 4 is 34.3 Å². The number of carbonyl (C=O) groups excluding carboxylic acids is 2. The van der Waals surface area contributed by atoms with Gasteiger partial charge in [-0.15, -0.1) is 0 Å². The molecular weight excluding hydrogens is 421 g/mol. The molecule has 6 nitrogen and oxygen atoms in total. The Morgan fingerprint density at radius 1 is 1.00 bits per heavy atom. The number of hydrogen-bond acceptors (Lipinski definition) is 4. The van der Waals surface area contributed by atoms with Gasteiger partial charge in [-0.3, -0.25) is 14.6 Å². The van der Waals surface area contributed by atoms with Crippen LogP contribution in [0.1, 0.15) is 16.8 Å². The summed E-state index contributed by atoms with van der Waals surface area (Å²) in [6.45, 7) is 1.52. The lowest BCUT2D eigenvalue weighted by molar-refractivity contribution is -0.133. The quantitative estimate of drug-likeness (QED) is 0.618. The molecule has 0 unspecified atom stereocenters. The number of pyridine rings is 1. The van der Waals surface area contributed by atoms with Crippen molar-refractivity contribution in [2.75, 3.05) is 32.8 Å². The van der Waals surface area contributed by atoms with Crippen molar-refractivity contribution in [1.82, 2.24) is 14.8 Å². The Hall–Kier alpha value is -3.19. The minimum atomic E-state index is -0.540. The molecule has 8 heteroatoms. The van der Waals surface area contributed by atoms with E-state index in [-0.39, 0.29) is 24.0 Å². The van der Waals surface area contributed by atoms with Crippen LogP contribution in [0.2, 0.25) is 5.02 Å². The molecule has 0 spiro atoms. The molecule has 0 aliphatic carbocycles. The highest BCUT2D eigenvalue weighted by atomic mass is 35.5. The van der Waals surface area contributed by atoms with Crippen molar-refractivity contribution in [2.24, 2.45) is 0 Å². The molecule has 1 aliphatic heterocycles. The fourth-order valence-electron chi connectivity index (χ4n) is 3.63. The van der Waals surface area contributed by atoms with E-state index < -0.39 is 5.82 Å². The second kappa shape index (κ2) is 9.31. The van der Waals surface area contributed by atoms with E-state index in [0.29, 0.717) is 48.9 Å². The van der Waals surface area contributed by atoms with Gasteiger partial charge in [0.1, 0.15) is 17.1 Å². The van der Waals surface area contributed by atoms with Crippen LogP contribution in [-0.2, 0) is 4.79 Å². The Morgan fingerprint density at radius 3 is 2.61 bits per heavy atom. The monoisotopic (exact) mass is 441 g/mol. The standard InChI is InChI=1S/C23H21ClFN3O3/c24-18-8-9-20(22-16(18)6-3-10-26-22)31-15-21(29)27-11-4-12-28(14-13-27)23(30)17-5-1-2-7-19(17)25/h1-3,5-10H,4,11-15H2. The third-order valence-corrected chi connectivity index (χ3v) is 5.60. The number of rotatable bonds is 4. The summed E-state index contributed by atoms with van der Waals surface area (Å²) in [7, 11) is 0. The third kappa shape index (κ3) is 4.61. The Balaban J connectivity index is 1.38. The molecule has 3 aromatic rings. The van der Waals surface area contributed by atoms with E-state index in [0.717, 1.165) is 5.39 Å². The number of hydrogen-bond donors (Lipinski definition) is 0. The molecule has 0 bridgehead atoms. The number of carbonyl (C=O) groups is 2. The Labute approximate surface area is 184 Å². The van der Waals surface area contributed by atoms with Crippen LogP contribution < -0.4 is 4.74 Å². The molecule has 1 aromatic heterocycles. The van der Waals surface area contributed by atoms with Crippen LogP contribution in [0, 0.1) is 5.82 Å². The summed E-state index contributed by atoms with van der Waals surface area (Å²) >= 11 is 6.20. The van der Waals surface area contributed by atoms with Gasteiger partial charge in [-0.1, -0.05) is 23.7 Å². The topological polar surface area (TPSA) is 62.7 Å². The van der Waals surface area contributed by atoms with Gasteiger partial charge < -0.3 is 14.5 Å². The van der Waals surface area contributed by atoms with Crippen LogP contribution >= 0.6 is 11.6 Å². The lowest BCUT2D eigenvalue weighted by Crippen LogP contribution is -2.39. The summed E-state index contributed by atoms with van der Waals surface area (Å²) in [5.74, 6) is -0.594. The fraction of sp³-hybridized carbons (Fsp3) is 0.261. The average Bonchev–Trinajstić information content (AvgIpc) is 3.05. The minimum Gasteiger partial charge on any atom is -0.481 e. The van der Waals surface area contributed by atoms with Gasteiger partial charge in [0.2, 0.25) is 0 Å². The predicted octanol–water partition coefficient (Wildman–Crippen LogP) is 3.78. The highest BCUT2D eigenvalue weighted by Crippen LogP contribution is 2.29. The van der Waals surface area contributed by atoms with Gasteiger partial charge in [0, 0.05) is 37.8 Å². The first-order chi connectivity index (χ1) is 15.0. The highest BCUT2D eigenvalue weighted by molar-refractivity contribution is 6.35. The molecule has 31 heavy (non-hydrogen) atoms. The van der Waals surface area contributed by atoms with Gasteiger partial charge in [0.25, 0.3) is 11.8 Å². The van der Waals surface area contributed by atoms with E-state index in [4.69, 9.17) is 16.3 Å². The zero-order chi connectivity index (χ0) is 21.8. The third-order valence-electron chi connectivity index (χ3n) is 5.27. The largest absolute Gasteiger partial charge is 0.481 e. The van der Waals surface area contributed by atoms with Crippen molar-refractivity contribution in [1.29, 1.82) is 0 Å². The van der Waals surface area contributed by atoms with Gasteiger partial charge in [-0.2, -0.15) is 0 Å². The van der Waals surface area contributed by atoms with E-state index >= 15 is 0 Å². The van der Waals surface area contributed by atoms with Gasteiger partial charge in [-0.25, -0.2) is 4.39 Å². The number of fused-ring (bicyclic) bond motifs is 1. The summed E-state index contributed by atoms with van der Waals surface area (Å²) < 4.78 is 19.7. The lowest BCUT2D eigenvalue weighted by atomic mass is 10.2. The van der Waals surface area contributed by atoms with Crippen LogP contribution in [0.25, 0.3) is 10.9 Å². The highest BCUT2D eigenvalue weighted by Gasteiger charge is 2.24. The maximum Gasteiger partial charge on any atom is 0.260 e. The molecule has 2 heterocycles. The molecule has 0 saturated carbocycles. The van der Waals surface area contributed by atoms with Crippen LogP contribution in [0.3, 0.4) is 0 Å². The first-order valence-electron chi connectivity index (χ1n) is 10.0. The Bertz CT molecular complexity index is 1120. The fourth-order valence-corrected chi connectivity index (χ4v) is 3.85. The van der Waals surface area contributed by atoms with E-state index in [1.165, 1.54) is 12.1 Å². The van der Waals surface area contributed by atoms with Crippen LogP contribution in [0.15, 0.2) is 54.7 Å². The molecule has 0 N–H and O–H groups in total. The first kappa shape index (κ1) is 21.1. The second-order valence-corrected chi connectivity index (χ2v) is 7.65. The summed E-state index contributed by atoms with van der Waals surface area (Å²) in [5, 5.41) is 1.32. The molecule has 1 fully saturated rings. The SMILES string of the molecule is O=C(COc1ccc(Cl)c2cccnc12)N1CCCN(C(=O)c2ccccc2F)CC1. The molecule has 160 valence electrons. The Morgan fingerprint density at radius 2 is 1.77 bits per heavy atom. The number of ether oxygens (including phenoxy) is 1. The number of benzene rings is 2. The molecule has 1 aliphatic rings. The lowest BCUT2D eigenvalue weighted by Gasteiger charge is -2.22. The zero-order valence-electron chi connectivity index (χ0n) is 16.8. The molecule has 0 radical (unpaired) electrons. The first-order valence-corrected chi connectivity index (χ1v) is 10.4. The van der Waals surface area contributed by atoms with E-state index in [2.05, 4.69) is 4.98 Å². The number of aromatic nitrogens is 1. The molecule has 4 rings (SSSR count). The zero-order valence-corrected chi connectivity index (χ0v) is 17.5. The number of amides is 2. The van der Waals surface area contributed by atoms with Crippen LogP contribution in [-0.4, -0.2) is 59.4 Å². The smallest absolute Gasteiger partial charge is 0.260 e. The van der Waals surface area contributed by atoms with E-state index in [1.54, 1.807) is 46.3 Å². The summed E-state index contributed by atoms with van der Waals surface area (Å²) in [6, 6.07) is 13.0. The average molecular weight is 442 g/mol. The van der Waals surface area contributed by atoms with Gasteiger partial charge in [-0.05, 0) is 42.8 Å². The number of nitrogens with zero attached hydrogens (tertiary/aromatic N) is 3. The van der Waals surface area contributed by atoms with E-state index in [1.807, 2.05) is 6.07 Å². The summed E-state index contributed by atoms with van der Waals surface area (Å²) in [4.78, 5) is 32.9. The number of halogens is 2. The molecular formula is C23H21ClFN3O3. The molecule has 1 saturated heterocycles. The summed E-state index contributed by atoms with van der Waals surface area (Å²) in [6.07, 6.45) is 2.25. The van der Waals surface area contributed by atoms with E-state index in [9.17, 15) is 14.0 Å². The van der Waals surface area contributed by atoms with Gasteiger partial charge >= 0.3 is 0 Å². The van der Waals surface area contributed by atoms with Gasteiger partial charge in [0.05, 0.1) is 10.6 Å². The van der Waals surface area contributed by atoms with Crippen molar-refractivity contribution < 1.29 is 18.7 Å². The van der Waals surface area contributed by atoms with Gasteiger partial charge in [0.15, 0.2) is 6.61 Å². The predicted molar refractivity (Wildman–Crippen MR) is 116 cm³/mol. The van der Waals surface area contributed by atoms with Crippen LogP contribution in [0.4, 0.5) is 4.39 Å². The van der Waals surface area contributed by atoms with Crippen LogP contribution in [0.5, 0.6) is 5.75 Å². The van der Waals surface area contributed by atoms with Crippen molar-refractivity contribution in [3.05, 3.63) is 71.1 Å². The second-order valence-electron chi connectivity index (χ2n) is 7.24. The Kier molecular flexibility index (Phi) is 6.32. The summed E-state index contributed by atoms with van der Waals surface area (Å²) in [5.41, 5.74) is 0.646. The van der Waals surface area contributed by atoms with Crippen molar-refractivity contribution in [3.8, 4) is 5.75 Å². The molecule has 2 amide bonds. The van der Waals surface area contributed by atoms with Crippen molar-refractivity contribution in [2.45, 2.75) is 6.42 Å². The maximum atomic E-state index is 14.0. The normalized spacial score (nSPS) is 14.4. The molecule has 2 aromatic carbocycles. The maximum absolute atomic E-state index is 14.0. The molecule has 0 atom stereocenters. The minimum absolute atomic E-state index is 0.0488.